The maximum Gasteiger partial charge on any atom is 0.271 e. The molecule has 1 aliphatic rings. The highest BCUT2D eigenvalue weighted by atomic mass is 35.5. The fourth-order valence-electron chi connectivity index (χ4n) is 2.31. The van der Waals surface area contributed by atoms with Gasteiger partial charge in [0.15, 0.2) is 0 Å². The van der Waals surface area contributed by atoms with Gasteiger partial charge in [-0.05, 0) is 23.3 Å². The molecule has 0 saturated heterocycles. The van der Waals surface area contributed by atoms with Crippen molar-refractivity contribution < 1.29 is 9.66 Å². The summed E-state index contributed by atoms with van der Waals surface area (Å²) in [7, 11) is 0. The summed E-state index contributed by atoms with van der Waals surface area (Å²) in [6.07, 6.45) is 0.932. The Labute approximate surface area is 126 Å². The number of ether oxygens (including phenoxy) is 1. The molecule has 1 N–H and O–H groups in total. The molecule has 0 fully saturated rings. The van der Waals surface area contributed by atoms with Gasteiger partial charge in [-0.3, -0.25) is 10.1 Å². The van der Waals surface area contributed by atoms with E-state index in [4.69, 9.17) is 16.3 Å². The summed E-state index contributed by atoms with van der Waals surface area (Å²) in [6.45, 7) is 1.34. The Kier molecular flexibility index (Phi) is 3.66. The predicted octanol–water partition coefficient (Wildman–Crippen LogP) is 3.80. The van der Waals surface area contributed by atoms with Crippen molar-refractivity contribution in [3.05, 3.63) is 62.7 Å². The molecule has 0 atom stereocenters. The van der Waals surface area contributed by atoms with Gasteiger partial charge in [0.25, 0.3) is 5.69 Å². The van der Waals surface area contributed by atoms with Crippen LogP contribution in [-0.2, 0) is 13.0 Å². The van der Waals surface area contributed by atoms with Crippen LogP contribution >= 0.6 is 11.6 Å². The van der Waals surface area contributed by atoms with Crippen molar-refractivity contribution in [2.24, 2.45) is 0 Å². The van der Waals surface area contributed by atoms with E-state index in [2.05, 4.69) is 11.4 Å². The maximum absolute atomic E-state index is 10.7. The fourth-order valence-corrected chi connectivity index (χ4v) is 2.55. The highest BCUT2D eigenvalue weighted by Gasteiger charge is 2.12. The standard InChI is InChI=1S/C15H13ClN2O3/c16-13-8-12(18(19)20)2-3-14(13)17-9-10-1-4-15-11(7-10)5-6-21-15/h1-4,7-8,17H,5-6,9H2. The molecule has 0 aliphatic carbocycles. The lowest BCUT2D eigenvalue weighted by molar-refractivity contribution is -0.384. The van der Waals surface area contributed by atoms with Gasteiger partial charge in [-0.15, -0.1) is 0 Å². The van der Waals surface area contributed by atoms with Crippen LogP contribution in [0.2, 0.25) is 5.02 Å². The summed E-state index contributed by atoms with van der Waals surface area (Å²) in [5.41, 5.74) is 3.00. The second-order valence-electron chi connectivity index (χ2n) is 4.82. The SMILES string of the molecule is O=[N+]([O-])c1ccc(NCc2ccc3c(c2)CCO3)c(Cl)c1. The van der Waals surface area contributed by atoms with E-state index in [1.807, 2.05) is 12.1 Å². The van der Waals surface area contributed by atoms with Crippen LogP contribution in [0.1, 0.15) is 11.1 Å². The Morgan fingerprint density at radius 3 is 2.90 bits per heavy atom. The number of non-ortho nitro benzene ring substituents is 1. The minimum atomic E-state index is -0.462. The highest BCUT2D eigenvalue weighted by molar-refractivity contribution is 6.33. The Bertz CT molecular complexity index is 703. The molecule has 5 nitrogen and oxygen atoms in total. The van der Waals surface area contributed by atoms with E-state index >= 15 is 0 Å². The summed E-state index contributed by atoms with van der Waals surface area (Å²) in [5, 5.41) is 14.2. The van der Waals surface area contributed by atoms with E-state index in [0.717, 1.165) is 24.3 Å². The van der Waals surface area contributed by atoms with Crippen LogP contribution in [-0.4, -0.2) is 11.5 Å². The second-order valence-corrected chi connectivity index (χ2v) is 5.22. The molecule has 0 radical (unpaired) electrons. The van der Waals surface area contributed by atoms with Crippen LogP contribution in [0.25, 0.3) is 0 Å². The second kappa shape index (κ2) is 5.61. The third-order valence-electron chi connectivity index (χ3n) is 3.40. The molecule has 0 unspecified atom stereocenters. The molecule has 108 valence electrons. The molecule has 2 aromatic rings. The normalized spacial score (nSPS) is 12.6. The van der Waals surface area contributed by atoms with Gasteiger partial charge in [0.2, 0.25) is 0 Å². The zero-order valence-corrected chi connectivity index (χ0v) is 11.9. The average molecular weight is 305 g/mol. The van der Waals surface area contributed by atoms with Crippen LogP contribution < -0.4 is 10.1 Å². The number of rotatable bonds is 4. The van der Waals surface area contributed by atoms with Crippen LogP contribution in [0.15, 0.2) is 36.4 Å². The van der Waals surface area contributed by atoms with E-state index in [1.165, 1.54) is 17.7 Å². The van der Waals surface area contributed by atoms with E-state index < -0.39 is 4.92 Å². The Morgan fingerprint density at radius 2 is 2.14 bits per heavy atom. The summed E-state index contributed by atoms with van der Waals surface area (Å²) < 4.78 is 5.47. The third kappa shape index (κ3) is 2.92. The zero-order valence-electron chi connectivity index (χ0n) is 11.1. The summed E-state index contributed by atoms with van der Waals surface area (Å²) in [5.74, 6) is 0.951. The fraction of sp³-hybridized carbons (Fsp3) is 0.200. The number of halogens is 1. The Hall–Kier alpha value is -2.27. The van der Waals surface area contributed by atoms with Gasteiger partial charge < -0.3 is 10.1 Å². The molecule has 0 aromatic heterocycles. The van der Waals surface area contributed by atoms with Crippen LogP contribution in [0.5, 0.6) is 5.75 Å². The number of nitro groups is 1. The monoisotopic (exact) mass is 304 g/mol. The van der Waals surface area contributed by atoms with Gasteiger partial charge >= 0.3 is 0 Å². The number of fused-ring (bicyclic) bond motifs is 1. The predicted molar refractivity (Wildman–Crippen MR) is 81.1 cm³/mol. The third-order valence-corrected chi connectivity index (χ3v) is 3.71. The number of nitro benzene ring substituents is 1. The van der Waals surface area contributed by atoms with Crippen LogP contribution in [0.3, 0.4) is 0 Å². The first kappa shape index (κ1) is 13.7. The van der Waals surface area contributed by atoms with Crippen molar-refractivity contribution >= 4 is 23.0 Å². The molecule has 21 heavy (non-hydrogen) atoms. The topological polar surface area (TPSA) is 64.4 Å². The van der Waals surface area contributed by atoms with Gasteiger partial charge in [-0.2, -0.15) is 0 Å². The molecule has 2 aromatic carbocycles. The summed E-state index contributed by atoms with van der Waals surface area (Å²) in [4.78, 5) is 10.2. The summed E-state index contributed by atoms with van der Waals surface area (Å²) in [6, 6.07) is 10.5. The van der Waals surface area contributed by atoms with Crippen molar-refractivity contribution in [3.8, 4) is 5.75 Å². The molecular formula is C15H13ClN2O3. The molecule has 0 bridgehead atoms. The van der Waals surface area contributed by atoms with E-state index in [9.17, 15) is 10.1 Å². The van der Waals surface area contributed by atoms with Gasteiger partial charge in [0.1, 0.15) is 5.75 Å². The molecule has 6 heteroatoms. The minimum absolute atomic E-state index is 0.0137. The van der Waals surface area contributed by atoms with E-state index in [1.54, 1.807) is 6.07 Å². The quantitative estimate of drug-likeness (QED) is 0.689. The molecule has 0 amide bonds. The van der Waals surface area contributed by atoms with Crippen molar-refractivity contribution in [3.63, 3.8) is 0 Å². The maximum atomic E-state index is 10.7. The smallest absolute Gasteiger partial charge is 0.271 e. The lowest BCUT2D eigenvalue weighted by atomic mass is 10.1. The molecule has 0 spiro atoms. The minimum Gasteiger partial charge on any atom is -0.493 e. The molecule has 3 rings (SSSR count). The first-order valence-corrected chi connectivity index (χ1v) is 6.94. The zero-order chi connectivity index (χ0) is 14.8. The number of hydrogen-bond donors (Lipinski definition) is 1. The number of benzene rings is 2. The molecular weight excluding hydrogens is 292 g/mol. The first-order chi connectivity index (χ1) is 10.1. The largest absolute Gasteiger partial charge is 0.493 e. The van der Waals surface area contributed by atoms with Crippen molar-refractivity contribution in [2.75, 3.05) is 11.9 Å². The van der Waals surface area contributed by atoms with Crippen molar-refractivity contribution in [1.29, 1.82) is 0 Å². The van der Waals surface area contributed by atoms with Gasteiger partial charge in [0, 0.05) is 25.1 Å². The molecule has 1 aliphatic heterocycles. The lowest BCUT2D eigenvalue weighted by Crippen LogP contribution is -2.00. The number of nitrogens with one attached hydrogen (secondary N) is 1. The first-order valence-electron chi connectivity index (χ1n) is 6.56. The Balaban J connectivity index is 1.71. The Morgan fingerprint density at radius 1 is 1.29 bits per heavy atom. The van der Waals surface area contributed by atoms with Gasteiger partial charge in [0.05, 0.1) is 22.2 Å². The van der Waals surface area contributed by atoms with E-state index in [-0.39, 0.29) is 5.69 Å². The lowest BCUT2D eigenvalue weighted by Gasteiger charge is -2.09. The van der Waals surface area contributed by atoms with Crippen LogP contribution in [0, 0.1) is 10.1 Å². The van der Waals surface area contributed by atoms with Crippen LogP contribution in [0.4, 0.5) is 11.4 Å². The number of nitrogens with zero attached hydrogens (tertiary/aromatic N) is 1. The van der Waals surface area contributed by atoms with Crippen molar-refractivity contribution in [1.82, 2.24) is 0 Å². The van der Waals surface area contributed by atoms with Gasteiger partial charge in [-0.25, -0.2) is 0 Å². The highest BCUT2D eigenvalue weighted by Crippen LogP contribution is 2.28. The van der Waals surface area contributed by atoms with E-state index in [0.29, 0.717) is 17.3 Å². The van der Waals surface area contributed by atoms with Crippen molar-refractivity contribution in [2.45, 2.75) is 13.0 Å². The molecule has 0 saturated carbocycles. The molecule has 1 heterocycles. The average Bonchev–Trinajstić information content (AvgIpc) is 2.93. The summed E-state index contributed by atoms with van der Waals surface area (Å²) >= 11 is 6.05. The number of anilines is 1. The number of hydrogen-bond acceptors (Lipinski definition) is 4. The van der Waals surface area contributed by atoms with Gasteiger partial charge in [-0.1, -0.05) is 23.7 Å².